The molecule has 0 aliphatic carbocycles. The van der Waals surface area contributed by atoms with Gasteiger partial charge in [-0.3, -0.25) is 0 Å². The Morgan fingerprint density at radius 3 is 2.35 bits per heavy atom. The SMILES string of the molecule is C=C(Cc1ccc(C)cc1)N1CCN(c2ccc3nnc(-c4ccccc4)n3n2)CC1. The summed E-state index contributed by atoms with van der Waals surface area (Å²) >= 11 is 0. The molecule has 1 aliphatic heterocycles. The summed E-state index contributed by atoms with van der Waals surface area (Å²) in [5.41, 5.74) is 5.55. The first-order valence-electron chi connectivity index (χ1n) is 10.7. The summed E-state index contributed by atoms with van der Waals surface area (Å²) in [6.07, 6.45) is 0.894. The Labute approximate surface area is 182 Å². The molecule has 6 heteroatoms. The maximum Gasteiger partial charge on any atom is 0.185 e. The third-order valence-electron chi connectivity index (χ3n) is 5.86. The molecule has 0 N–H and O–H groups in total. The average molecular weight is 411 g/mol. The molecular formula is C25H26N6. The average Bonchev–Trinajstić information content (AvgIpc) is 3.24. The first kappa shape index (κ1) is 19.3. The number of nitrogens with zero attached hydrogens (tertiary/aromatic N) is 6. The zero-order chi connectivity index (χ0) is 21.2. The number of hydrogen-bond donors (Lipinski definition) is 0. The summed E-state index contributed by atoms with van der Waals surface area (Å²) in [6.45, 7) is 10.2. The monoisotopic (exact) mass is 410 g/mol. The van der Waals surface area contributed by atoms with Crippen LogP contribution in [0.2, 0.25) is 0 Å². The van der Waals surface area contributed by atoms with E-state index in [2.05, 4.69) is 57.8 Å². The molecule has 1 aliphatic rings. The molecule has 0 amide bonds. The van der Waals surface area contributed by atoms with Crippen molar-refractivity contribution in [3.05, 3.63) is 90.1 Å². The lowest BCUT2D eigenvalue weighted by Gasteiger charge is -2.37. The van der Waals surface area contributed by atoms with E-state index < -0.39 is 0 Å². The molecule has 2 aromatic heterocycles. The second kappa shape index (κ2) is 8.22. The summed E-state index contributed by atoms with van der Waals surface area (Å²) in [7, 11) is 0. The van der Waals surface area contributed by atoms with Crippen molar-refractivity contribution >= 4 is 11.5 Å². The van der Waals surface area contributed by atoms with E-state index in [0.29, 0.717) is 0 Å². The Morgan fingerprint density at radius 2 is 1.61 bits per heavy atom. The van der Waals surface area contributed by atoms with Crippen molar-refractivity contribution in [2.45, 2.75) is 13.3 Å². The largest absolute Gasteiger partial charge is 0.371 e. The third-order valence-corrected chi connectivity index (χ3v) is 5.86. The molecule has 156 valence electrons. The van der Waals surface area contributed by atoms with Crippen LogP contribution in [0.4, 0.5) is 5.82 Å². The molecule has 3 heterocycles. The topological polar surface area (TPSA) is 49.6 Å². The van der Waals surface area contributed by atoms with Crippen LogP contribution in [0.3, 0.4) is 0 Å². The molecule has 2 aromatic carbocycles. The standard InChI is InChI=1S/C25H26N6/c1-19-8-10-21(11-9-19)18-20(2)29-14-16-30(17-15-29)24-13-12-23-26-27-25(31(23)28-24)22-6-4-3-5-7-22/h3-13H,2,14-18H2,1H3. The summed E-state index contributed by atoms with van der Waals surface area (Å²) in [5.74, 6) is 1.72. The molecule has 6 nitrogen and oxygen atoms in total. The lowest BCUT2D eigenvalue weighted by atomic mass is 10.1. The Kier molecular flexibility index (Phi) is 5.12. The van der Waals surface area contributed by atoms with Gasteiger partial charge >= 0.3 is 0 Å². The summed E-state index contributed by atoms with van der Waals surface area (Å²) in [4.78, 5) is 4.72. The Hall–Kier alpha value is -3.67. The number of allylic oxidation sites excluding steroid dienone is 1. The van der Waals surface area contributed by atoms with Gasteiger partial charge in [0.05, 0.1) is 0 Å². The highest BCUT2D eigenvalue weighted by atomic mass is 15.4. The smallest absolute Gasteiger partial charge is 0.185 e. The second-order valence-electron chi connectivity index (χ2n) is 8.05. The van der Waals surface area contributed by atoms with Crippen molar-refractivity contribution < 1.29 is 0 Å². The number of hydrogen-bond acceptors (Lipinski definition) is 5. The van der Waals surface area contributed by atoms with Crippen LogP contribution in [0.25, 0.3) is 17.0 Å². The molecule has 0 spiro atoms. The van der Waals surface area contributed by atoms with Gasteiger partial charge in [-0.1, -0.05) is 66.7 Å². The van der Waals surface area contributed by atoms with Crippen molar-refractivity contribution in [3.8, 4) is 11.4 Å². The minimum atomic E-state index is 0.757. The lowest BCUT2D eigenvalue weighted by Crippen LogP contribution is -2.46. The van der Waals surface area contributed by atoms with Gasteiger partial charge in [0.1, 0.15) is 5.82 Å². The number of rotatable bonds is 5. The molecule has 4 aromatic rings. The van der Waals surface area contributed by atoms with Gasteiger partial charge in [-0.2, -0.15) is 4.52 Å². The minimum absolute atomic E-state index is 0.757. The third kappa shape index (κ3) is 4.01. The quantitative estimate of drug-likeness (QED) is 0.498. The van der Waals surface area contributed by atoms with Crippen LogP contribution in [0.15, 0.2) is 79.0 Å². The first-order chi connectivity index (χ1) is 15.2. The van der Waals surface area contributed by atoms with Gasteiger partial charge in [-0.15, -0.1) is 15.3 Å². The Balaban J connectivity index is 1.28. The molecule has 1 saturated heterocycles. The predicted octanol–water partition coefficient (Wildman–Crippen LogP) is 3.98. The molecular weight excluding hydrogens is 384 g/mol. The van der Waals surface area contributed by atoms with Crippen LogP contribution in [-0.2, 0) is 6.42 Å². The first-order valence-corrected chi connectivity index (χ1v) is 10.7. The summed E-state index contributed by atoms with van der Waals surface area (Å²) in [5, 5.41) is 13.5. The maximum absolute atomic E-state index is 4.86. The predicted molar refractivity (Wildman–Crippen MR) is 124 cm³/mol. The molecule has 1 fully saturated rings. The number of fused-ring (bicyclic) bond motifs is 1. The number of anilines is 1. The highest BCUT2D eigenvalue weighted by molar-refractivity contribution is 5.59. The fourth-order valence-corrected chi connectivity index (χ4v) is 4.02. The van der Waals surface area contributed by atoms with E-state index >= 15 is 0 Å². The van der Waals surface area contributed by atoms with Crippen LogP contribution in [-0.4, -0.2) is 50.9 Å². The van der Waals surface area contributed by atoms with E-state index in [4.69, 9.17) is 5.10 Å². The second-order valence-corrected chi connectivity index (χ2v) is 8.05. The van der Waals surface area contributed by atoms with Gasteiger partial charge in [0.2, 0.25) is 0 Å². The molecule has 0 bridgehead atoms. The van der Waals surface area contributed by atoms with Crippen molar-refractivity contribution in [1.29, 1.82) is 0 Å². The molecule has 0 saturated carbocycles. The molecule has 31 heavy (non-hydrogen) atoms. The van der Waals surface area contributed by atoms with Crippen molar-refractivity contribution in [3.63, 3.8) is 0 Å². The normalized spacial score (nSPS) is 14.2. The van der Waals surface area contributed by atoms with E-state index in [1.807, 2.05) is 47.0 Å². The van der Waals surface area contributed by atoms with E-state index in [1.54, 1.807) is 0 Å². The fourth-order valence-electron chi connectivity index (χ4n) is 4.02. The van der Waals surface area contributed by atoms with Gasteiger partial charge in [-0.05, 0) is 24.6 Å². The minimum Gasteiger partial charge on any atom is -0.371 e. The van der Waals surface area contributed by atoms with Gasteiger partial charge in [0.25, 0.3) is 0 Å². The fraction of sp³-hybridized carbons (Fsp3) is 0.240. The molecule has 5 rings (SSSR count). The number of aryl methyl sites for hydroxylation is 1. The van der Waals surface area contributed by atoms with Gasteiger partial charge in [0.15, 0.2) is 11.5 Å². The van der Waals surface area contributed by atoms with Gasteiger partial charge in [-0.25, -0.2) is 0 Å². The molecule has 0 unspecified atom stereocenters. The summed E-state index contributed by atoms with van der Waals surface area (Å²) in [6, 6.07) is 22.8. The highest BCUT2D eigenvalue weighted by Gasteiger charge is 2.20. The molecule has 0 atom stereocenters. The van der Waals surface area contributed by atoms with Crippen molar-refractivity contribution in [2.24, 2.45) is 0 Å². The molecule has 0 radical (unpaired) electrons. The highest BCUT2D eigenvalue weighted by Crippen LogP contribution is 2.21. The van der Waals surface area contributed by atoms with E-state index in [0.717, 1.165) is 55.5 Å². The van der Waals surface area contributed by atoms with Crippen LogP contribution < -0.4 is 4.90 Å². The summed E-state index contributed by atoms with van der Waals surface area (Å²) < 4.78 is 1.84. The zero-order valence-electron chi connectivity index (χ0n) is 17.8. The lowest BCUT2D eigenvalue weighted by molar-refractivity contribution is 0.315. The van der Waals surface area contributed by atoms with E-state index in [1.165, 1.54) is 16.8 Å². The van der Waals surface area contributed by atoms with Crippen molar-refractivity contribution in [1.82, 2.24) is 24.7 Å². The number of aromatic nitrogens is 4. The van der Waals surface area contributed by atoms with Gasteiger partial charge in [0, 0.05) is 43.9 Å². The Bertz CT molecular complexity index is 1190. The Morgan fingerprint density at radius 1 is 0.871 bits per heavy atom. The van der Waals surface area contributed by atoms with E-state index in [-0.39, 0.29) is 0 Å². The number of piperazine rings is 1. The van der Waals surface area contributed by atoms with Crippen LogP contribution in [0, 0.1) is 6.92 Å². The van der Waals surface area contributed by atoms with E-state index in [9.17, 15) is 0 Å². The van der Waals surface area contributed by atoms with Gasteiger partial charge < -0.3 is 9.80 Å². The maximum atomic E-state index is 4.86. The van der Waals surface area contributed by atoms with Crippen LogP contribution in [0.5, 0.6) is 0 Å². The number of benzene rings is 2. The van der Waals surface area contributed by atoms with Crippen LogP contribution >= 0.6 is 0 Å². The van der Waals surface area contributed by atoms with Crippen molar-refractivity contribution in [2.75, 3.05) is 31.1 Å². The van der Waals surface area contributed by atoms with Crippen LogP contribution in [0.1, 0.15) is 11.1 Å². The zero-order valence-corrected chi connectivity index (χ0v) is 17.8.